The number of hydrogen-bond acceptors (Lipinski definition) is 11. The zero-order valence-corrected chi connectivity index (χ0v) is 56.1. The van der Waals surface area contributed by atoms with Crippen molar-refractivity contribution in [3.8, 4) is 23.7 Å². The topological polar surface area (TPSA) is 105 Å². The number of allylic oxidation sites excluding steroid dienone is 6. The first kappa shape index (κ1) is 85.7. The van der Waals surface area contributed by atoms with Crippen LogP contribution in [-0.2, 0) is 38.1 Å². The second kappa shape index (κ2) is 59.6. The normalized spacial score (nSPS) is 12.2. The predicted molar refractivity (Wildman–Crippen MR) is 353 cm³/mol. The molecule has 0 bridgehead atoms. The highest BCUT2D eigenvalue weighted by Crippen LogP contribution is 2.40. The average Bonchev–Trinajstić information content (AvgIpc) is 3.85. The molecule has 1 saturated heterocycles. The fraction of sp³-hybridized carbons (Fsp3) is 0.588. The highest BCUT2D eigenvalue weighted by atomic mass is 33.1. The van der Waals surface area contributed by atoms with E-state index >= 15 is 0 Å². The maximum absolute atomic E-state index is 11.0. The van der Waals surface area contributed by atoms with E-state index in [1.807, 2.05) is 69.7 Å². The molecule has 8 nitrogen and oxygen atoms in total. The number of thiol groups is 1. The number of carbonyl (C=O) groups is 4. The molecule has 1 aromatic rings. The van der Waals surface area contributed by atoms with Gasteiger partial charge in [0.1, 0.15) is 0 Å². The molecule has 0 amide bonds. The summed E-state index contributed by atoms with van der Waals surface area (Å²) in [6.45, 7) is 54.3. The van der Waals surface area contributed by atoms with Gasteiger partial charge >= 0.3 is 23.9 Å². The molecule has 0 radical (unpaired) electrons. The molecule has 1 unspecified atom stereocenters. The second-order valence-corrected chi connectivity index (χ2v) is 24.4. The van der Waals surface area contributed by atoms with Crippen LogP contribution in [0.2, 0.25) is 0 Å². The summed E-state index contributed by atoms with van der Waals surface area (Å²) in [5.41, 5.74) is 3.02. The van der Waals surface area contributed by atoms with Crippen LogP contribution in [0.3, 0.4) is 0 Å². The fourth-order valence-electron chi connectivity index (χ4n) is 4.90. The van der Waals surface area contributed by atoms with Crippen LogP contribution in [0.15, 0.2) is 104 Å². The molecule has 1 atom stereocenters. The smallest absolute Gasteiger partial charge is 0.333 e. The molecule has 0 N–H and O–H groups in total. The minimum atomic E-state index is -0.361. The van der Waals surface area contributed by atoms with Gasteiger partial charge in [-0.3, -0.25) is 0 Å². The maximum atomic E-state index is 11.0. The number of rotatable bonds is 19. The van der Waals surface area contributed by atoms with Crippen molar-refractivity contribution in [2.75, 3.05) is 11.5 Å². The SMILES string of the molecule is C/C=C/C=C/C(=O)OC(C)C.C=C(C)C(=O)OC(C)C.C=CC(=O)OC(C)C.C=Cc1ccc(C(C)C)cc1.CC(C)/C=C/C=C/C(=O)OC(C)C.CC(C)C#CC#CC(C)C.CC(C)CC1CCSS1.CC(C)CCCCS. The Morgan fingerprint density at radius 3 is 1.39 bits per heavy atom. The zero-order chi connectivity index (χ0) is 62.3. The Hall–Kier alpha value is -4.55. The largest absolute Gasteiger partial charge is 0.460 e. The van der Waals surface area contributed by atoms with Crippen LogP contribution in [-0.4, -0.2) is 65.0 Å². The van der Waals surface area contributed by atoms with Gasteiger partial charge in [-0.15, -0.1) is 0 Å². The van der Waals surface area contributed by atoms with E-state index in [-0.39, 0.29) is 48.3 Å². The van der Waals surface area contributed by atoms with Crippen LogP contribution in [0.4, 0.5) is 0 Å². The standard InChI is InChI=1S/C11H18O2.C11H14.C10H14.C9H14O2.C7H12O2.C7H14S2.C7H16S.C6H10O2/c1-9(2)7-5-6-8-11(12)13-10(3)4;1-4-10-5-7-11(8-6-10)9(2)3;1-9(2)7-5-6-8-10(3)4;1-4-5-6-7-9(10)11-8(2)3;1-5(2)7(8)9-6(3)4;1-6(2)5-7-3-4-8-9-7;1-7(2)5-3-4-6-8;1-4-6(7)8-5(2)3/h5-10H,1-4H3;4-9H,1H2,2-3H3;9-10H,1-4H3;4-8H,1-3H3;6H,1H2,2-4H3;6-7H,3-5H2,1-2H3;7-8H,3-6H2,1-2H3;4-5H,1H2,2-3H3/b7-5+,8-6+;;;5-4+,7-6+;;;;. The summed E-state index contributed by atoms with van der Waals surface area (Å²) in [5, 5.41) is 0.968. The third-order valence-corrected chi connectivity index (χ3v) is 11.8. The number of esters is 4. The van der Waals surface area contributed by atoms with E-state index in [4.69, 9.17) is 14.2 Å². The van der Waals surface area contributed by atoms with Gasteiger partial charge in [-0.1, -0.05) is 216 Å². The van der Waals surface area contributed by atoms with Gasteiger partial charge in [0.25, 0.3) is 0 Å². The molecule has 2 rings (SSSR count). The molecular weight excluding hydrogens is 1040 g/mol. The molecule has 1 fully saturated rings. The van der Waals surface area contributed by atoms with Crippen molar-refractivity contribution in [3.05, 3.63) is 115 Å². The summed E-state index contributed by atoms with van der Waals surface area (Å²) in [4.78, 5) is 42.7. The summed E-state index contributed by atoms with van der Waals surface area (Å²) in [7, 11) is 4.13. The summed E-state index contributed by atoms with van der Waals surface area (Å²) < 4.78 is 19.2. The summed E-state index contributed by atoms with van der Waals surface area (Å²) in [5.74, 6) is 16.5. The van der Waals surface area contributed by atoms with Crippen molar-refractivity contribution in [2.24, 2.45) is 29.6 Å². The molecule has 0 saturated carbocycles. The Balaban J connectivity index is -0.000000194. The van der Waals surface area contributed by atoms with E-state index in [1.54, 1.807) is 52.8 Å². The van der Waals surface area contributed by atoms with Gasteiger partial charge in [-0.2, -0.15) is 12.6 Å². The van der Waals surface area contributed by atoms with Gasteiger partial charge in [-0.05, 0) is 141 Å². The van der Waals surface area contributed by atoms with Crippen molar-refractivity contribution in [2.45, 2.75) is 220 Å². The molecule has 0 spiro atoms. The molecule has 0 aromatic heterocycles. The Morgan fingerprint density at radius 1 is 0.646 bits per heavy atom. The van der Waals surface area contributed by atoms with Crippen LogP contribution in [0, 0.1) is 53.3 Å². The first-order chi connectivity index (χ1) is 36.8. The molecular formula is C68H112O8S3. The summed E-state index contributed by atoms with van der Waals surface area (Å²) in [6.07, 6.45) is 23.4. The summed E-state index contributed by atoms with van der Waals surface area (Å²) >= 11 is 4.12. The van der Waals surface area contributed by atoms with Crippen LogP contribution in [0.25, 0.3) is 6.08 Å². The zero-order valence-electron chi connectivity index (χ0n) is 53.5. The van der Waals surface area contributed by atoms with Gasteiger partial charge in [0.15, 0.2) is 0 Å². The summed E-state index contributed by atoms with van der Waals surface area (Å²) in [6, 6.07) is 8.51. The van der Waals surface area contributed by atoms with Crippen LogP contribution >= 0.6 is 34.2 Å². The number of hydrogen-bond donors (Lipinski definition) is 1. The van der Waals surface area contributed by atoms with Crippen molar-refractivity contribution in [1.29, 1.82) is 0 Å². The van der Waals surface area contributed by atoms with E-state index in [9.17, 15) is 19.2 Å². The molecule has 1 aliphatic heterocycles. The van der Waals surface area contributed by atoms with E-state index < -0.39 is 0 Å². The lowest BCUT2D eigenvalue weighted by molar-refractivity contribution is -0.143. The first-order valence-electron chi connectivity index (χ1n) is 28.2. The first-order valence-corrected chi connectivity index (χ1v) is 31.2. The van der Waals surface area contributed by atoms with Crippen molar-refractivity contribution < 1.29 is 38.1 Å². The Bertz CT molecular complexity index is 1930. The molecule has 0 aliphatic carbocycles. The third-order valence-electron chi connectivity index (χ3n) is 8.56. The van der Waals surface area contributed by atoms with Gasteiger partial charge < -0.3 is 18.9 Å². The highest BCUT2D eigenvalue weighted by Gasteiger charge is 2.17. The number of benzene rings is 1. The van der Waals surface area contributed by atoms with E-state index in [1.165, 1.54) is 61.1 Å². The number of carbonyl (C=O) groups excluding carboxylic acids is 4. The van der Waals surface area contributed by atoms with Gasteiger partial charge in [0, 0.05) is 46.6 Å². The van der Waals surface area contributed by atoms with Crippen molar-refractivity contribution >= 4 is 64.2 Å². The number of unbranched alkanes of at least 4 members (excludes halogenated alkanes) is 1. The molecule has 450 valence electrons. The van der Waals surface area contributed by atoms with Crippen LogP contribution in [0.1, 0.15) is 201 Å². The Kier molecular flexibility index (Phi) is 64.6. The third kappa shape index (κ3) is 80.0. The molecule has 1 heterocycles. The Labute approximate surface area is 499 Å². The van der Waals surface area contributed by atoms with Gasteiger partial charge in [-0.25, -0.2) is 19.2 Å². The van der Waals surface area contributed by atoms with Gasteiger partial charge in [0.05, 0.1) is 24.4 Å². The second-order valence-electron chi connectivity index (χ2n) is 21.2. The van der Waals surface area contributed by atoms with Crippen LogP contribution in [0.5, 0.6) is 0 Å². The predicted octanol–water partition coefficient (Wildman–Crippen LogP) is 19.1. The van der Waals surface area contributed by atoms with Crippen LogP contribution < -0.4 is 0 Å². The highest BCUT2D eigenvalue weighted by molar-refractivity contribution is 8.77. The van der Waals surface area contributed by atoms with E-state index in [0.717, 1.165) is 28.9 Å². The Morgan fingerprint density at radius 2 is 1.10 bits per heavy atom. The molecule has 1 aromatic carbocycles. The lowest BCUT2D eigenvalue weighted by atomic mass is 10.0. The molecule has 79 heavy (non-hydrogen) atoms. The van der Waals surface area contributed by atoms with Crippen molar-refractivity contribution in [3.63, 3.8) is 0 Å². The minimum absolute atomic E-state index is 0.0412. The lowest BCUT2D eigenvalue weighted by Gasteiger charge is -2.08. The van der Waals surface area contributed by atoms with Gasteiger partial charge in [0.2, 0.25) is 0 Å². The minimum Gasteiger partial charge on any atom is -0.460 e. The lowest BCUT2D eigenvalue weighted by Crippen LogP contribution is -2.11. The molecule has 1 aliphatic rings. The van der Waals surface area contributed by atoms with E-state index in [2.05, 4.69) is 179 Å². The fourth-order valence-corrected chi connectivity index (χ4v) is 8.30. The van der Waals surface area contributed by atoms with Crippen molar-refractivity contribution in [1.82, 2.24) is 0 Å². The average molecular weight is 1150 g/mol. The quantitative estimate of drug-likeness (QED) is 0.0210. The van der Waals surface area contributed by atoms with E-state index in [0.29, 0.717) is 29.2 Å². The monoisotopic (exact) mass is 1150 g/mol. The molecule has 11 heteroatoms. The maximum Gasteiger partial charge on any atom is 0.333 e. The number of ether oxygens (including phenoxy) is 4.